The Morgan fingerprint density at radius 3 is 2.94 bits per heavy atom. The maximum Gasteiger partial charge on any atom is 0.248 e. The van der Waals surface area contributed by atoms with Gasteiger partial charge in [0, 0.05) is 29.2 Å². The molecule has 1 aliphatic rings. The lowest BCUT2D eigenvalue weighted by molar-refractivity contribution is -0.0523. The molecular formula is C13H16BrF2N. The minimum absolute atomic E-state index is 0.0177. The van der Waals surface area contributed by atoms with Crippen LogP contribution in [0.25, 0.3) is 0 Å². The molecule has 0 N–H and O–H groups in total. The second-order valence-corrected chi connectivity index (χ2v) is 5.80. The van der Waals surface area contributed by atoms with Crippen molar-refractivity contribution in [2.24, 2.45) is 5.92 Å². The predicted octanol–water partition coefficient (Wildman–Crippen LogP) is 4.52. The molecule has 1 atom stereocenters. The van der Waals surface area contributed by atoms with Gasteiger partial charge in [-0.3, -0.25) is 4.98 Å². The molecule has 1 fully saturated rings. The molecule has 1 aliphatic carbocycles. The van der Waals surface area contributed by atoms with E-state index >= 15 is 0 Å². The van der Waals surface area contributed by atoms with Crippen LogP contribution in [0.15, 0.2) is 16.7 Å². The molecule has 0 saturated heterocycles. The number of aromatic nitrogens is 1. The van der Waals surface area contributed by atoms with E-state index in [0.717, 1.165) is 22.2 Å². The van der Waals surface area contributed by atoms with Crippen LogP contribution < -0.4 is 0 Å². The van der Waals surface area contributed by atoms with Crippen molar-refractivity contribution in [1.29, 1.82) is 0 Å². The van der Waals surface area contributed by atoms with Crippen LogP contribution in [0, 0.1) is 12.8 Å². The van der Waals surface area contributed by atoms with Crippen LogP contribution in [0.2, 0.25) is 0 Å². The lowest BCUT2D eigenvalue weighted by Crippen LogP contribution is -2.27. The van der Waals surface area contributed by atoms with Crippen molar-refractivity contribution < 1.29 is 8.78 Å². The molecule has 1 nitrogen and oxygen atoms in total. The van der Waals surface area contributed by atoms with Gasteiger partial charge in [-0.25, -0.2) is 8.78 Å². The van der Waals surface area contributed by atoms with Crippen LogP contribution >= 0.6 is 15.9 Å². The fourth-order valence-corrected chi connectivity index (χ4v) is 2.67. The summed E-state index contributed by atoms with van der Waals surface area (Å²) in [5, 5.41) is 0. The average Bonchev–Trinajstić information content (AvgIpc) is 2.22. The third kappa shape index (κ3) is 3.47. The number of halogens is 3. The normalized spacial score (nSPS) is 23.6. The highest BCUT2D eigenvalue weighted by Gasteiger charge is 2.36. The van der Waals surface area contributed by atoms with Crippen molar-refractivity contribution in [2.45, 2.75) is 45.0 Å². The Morgan fingerprint density at radius 2 is 2.29 bits per heavy atom. The van der Waals surface area contributed by atoms with Crippen LogP contribution in [-0.4, -0.2) is 10.9 Å². The molecule has 0 aliphatic heterocycles. The number of alkyl halides is 2. The zero-order valence-electron chi connectivity index (χ0n) is 9.85. The van der Waals surface area contributed by atoms with E-state index in [0.29, 0.717) is 12.8 Å². The van der Waals surface area contributed by atoms with E-state index in [4.69, 9.17) is 0 Å². The summed E-state index contributed by atoms with van der Waals surface area (Å²) in [5.74, 6) is -2.39. The smallest absolute Gasteiger partial charge is 0.248 e. The van der Waals surface area contributed by atoms with E-state index < -0.39 is 5.92 Å². The number of aryl methyl sites for hydroxylation is 1. The van der Waals surface area contributed by atoms with E-state index in [9.17, 15) is 8.78 Å². The molecule has 4 heteroatoms. The van der Waals surface area contributed by atoms with Crippen molar-refractivity contribution in [3.63, 3.8) is 0 Å². The highest BCUT2D eigenvalue weighted by molar-refractivity contribution is 9.10. The van der Waals surface area contributed by atoms with Crippen LogP contribution in [0.5, 0.6) is 0 Å². The number of hydrogen-bond acceptors (Lipinski definition) is 1. The van der Waals surface area contributed by atoms with Gasteiger partial charge >= 0.3 is 0 Å². The lowest BCUT2D eigenvalue weighted by atomic mass is 9.83. The monoisotopic (exact) mass is 303 g/mol. The Bertz CT molecular complexity index is 406. The summed E-state index contributed by atoms with van der Waals surface area (Å²) in [6.07, 6.45) is 4.02. The topological polar surface area (TPSA) is 12.9 Å². The molecular weight excluding hydrogens is 288 g/mol. The van der Waals surface area contributed by atoms with E-state index in [1.807, 2.05) is 13.0 Å². The molecule has 0 radical (unpaired) electrons. The van der Waals surface area contributed by atoms with Crippen molar-refractivity contribution >= 4 is 15.9 Å². The molecule has 0 bridgehead atoms. The Kier molecular flexibility index (Phi) is 3.81. The standard InChI is InChI=1S/C13H16BrF2N/c1-9-5-11(17-8-12(9)14)6-10-3-2-4-13(15,16)7-10/h5,8,10H,2-4,6-7H2,1H3. The number of rotatable bonds is 2. The molecule has 0 aromatic carbocycles. The molecule has 0 spiro atoms. The average molecular weight is 304 g/mol. The van der Waals surface area contributed by atoms with Gasteiger partial charge in [0.1, 0.15) is 0 Å². The van der Waals surface area contributed by atoms with Crippen molar-refractivity contribution in [3.8, 4) is 0 Å². The number of hydrogen-bond donors (Lipinski definition) is 0. The zero-order valence-corrected chi connectivity index (χ0v) is 11.4. The SMILES string of the molecule is Cc1cc(CC2CCCC(F)(F)C2)ncc1Br. The molecule has 1 unspecified atom stereocenters. The number of pyridine rings is 1. The Labute approximate surface area is 109 Å². The Balaban J connectivity index is 2.03. The van der Waals surface area contributed by atoms with Crippen LogP contribution in [-0.2, 0) is 6.42 Å². The zero-order chi connectivity index (χ0) is 12.5. The van der Waals surface area contributed by atoms with Gasteiger partial charge in [-0.15, -0.1) is 0 Å². The van der Waals surface area contributed by atoms with Crippen molar-refractivity contribution in [2.75, 3.05) is 0 Å². The fourth-order valence-electron chi connectivity index (χ4n) is 2.45. The lowest BCUT2D eigenvalue weighted by Gasteiger charge is -2.28. The molecule has 1 saturated carbocycles. The van der Waals surface area contributed by atoms with Gasteiger partial charge in [0.25, 0.3) is 0 Å². The van der Waals surface area contributed by atoms with Crippen LogP contribution in [0.1, 0.15) is 36.9 Å². The van der Waals surface area contributed by atoms with E-state index in [1.165, 1.54) is 0 Å². The Hall–Kier alpha value is -0.510. The first-order valence-corrected chi connectivity index (χ1v) is 6.74. The Morgan fingerprint density at radius 1 is 1.53 bits per heavy atom. The van der Waals surface area contributed by atoms with Crippen LogP contribution in [0.4, 0.5) is 8.78 Å². The summed E-state index contributed by atoms with van der Waals surface area (Å²) in [4.78, 5) is 4.29. The van der Waals surface area contributed by atoms with E-state index in [1.54, 1.807) is 6.20 Å². The quantitative estimate of drug-likeness (QED) is 0.783. The fraction of sp³-hybridized carbons (Fsp3) is 0.615. The summed E-state index contributed by atoms with van der Waals surface area (Å²) >= 11 is 3.39. The van der Waals surface area contributed by atoms with Crippen molar-refractivity contribution in [1.82, 2.24) is 4.98 Å². The first-order valence-electron chi connectivity index (χ1n) is 5.95. The summed E-state index contributed by atoms with van der Waals surface area (Å²) in [5.41, 5.74) is 2.03. The maximum absolute atomic E-state index is 13.3. The largest absolute Gasteiger partial charge is 0.260 e. The van der Waals surface area contributed by atoms with Gasteiger partial charge < -0.3 is 0 Å². The van der Waals surface area contributed by atoms with Gasteiger partial charge in [0.2, 0.25) is 5.92 Å². The minimum atomic E-state index is -2.46. The van der Waals surface area contributed by atoms with Crippen molar-refractivity contribution in [3.05, 3.63) is 28.0 Å². The van der Waals surface area contributed by atoms with Crippen LogP contribution in [0.3, 0.4) is 0 Å². The first kappa shape index (κ1) is 12.9. The highest BCUT2D eigenvalue weighted by Crippen LogP contribution is 2.37. The second-order valence-electron chi connectivity index (χ2n) is 4.95. The van der Waals surface area contributed by atoms with E-state index in [2.05, 4.69) is 20.9 Å². The molecule has 94 valence electrons. The summed E-state index contributed by atoms with van der Waals surface area (Å²) in [6, 6.07) is 1.98. The molecule has 17 heavy (non-hydrogen) atoms. The first-order chi connectivity index (χ1) is 7.96. The molecule has 1 aromatic rings. The van der Waals surface area contributed by atoms with Gasteiger partial charge in [-0.05, 0) is 59.7 Å². The highest BCUT2D eigenvalue weighted by atomic mass is 79.9. The third-order valence-electron chi connectivity index (χ3n) is 3.34. The second kappa shape index (κ2) is 5.01. The summed E-state index contributed by atoms with van der Waals surface area (Å²) in [7, 11) is 0. The third-order valence-corrected chi connectivity index (χ3v) is 4.17. The summed E-state index contributed by atoms with van der Waals surface area (Å²) in [6.45, 7) is 1.99. The predicted molar refractivity (Wildman–Crippen MR) is 67.3 cm³/mol. The maximum atomic E-state index is 13.3. The summed E-state index contributed by atoms with van der Waals surface area (Å²) < 4.78 is 27.5. The van der Waals surface area contributed by atoms with Gasteiger partial charge in [-0.2, -0.15) is 0 Å². The molecule has 0 amide bonds. The van der Waals surface area contributed by atoms with E-state index in [-0.39, 0.29) is 18.8 Å². The number of nitrogens with zero attached hydrogens (tertiary/aromatic N) is 1. The van der Waals surface area contributed by atoms with Gasteiger partial charge in [0.05, 0.1) is 0 Å². The van der Waals surface area contributed by atoms with Gasteiger partial charge in [-0.1, -0.05) is 0 Å². The molecule has 1 aromatic heterocycles. The molecule has 1 heterocycles. The minimum Gasteiger partial charge on any atom is -0.260 e. The molecule has 2 rings (SSSR count). The van der Waals surface area contributed by atoms with Gasteiger partial charge in [0.15, 0.2) is 0 Å².